The lowest BCUT2D eigenvalue weighted by molar-refractivity contribution is -0.138. The molecule has 3 aromatic rings. The van der Waals surface area contributed by atoms with Gasteiger partial charge in [0.25, 0.3) is 0 Å². The number of alkyl halides is 9. The third-order valence-electron chi connectivity index (χ3n) is 4.62. The van der Waals surface area contributed by atoms with Crippen LogP contribution in [0.1, 0.15) is 27.8 Å². The standard InChI is InChI=1S/C23H16F9S/c1-13-6-16(22(27,28)29)11-19(8-13)33(18-5-3-4-15(10-18)21(24,25)26)20-9-14(2)7-17(12-20)23(30,31)32/h3-12H,1-2H3/q+1. The molecule has 0 heterocycles. The number of hydrogen-bond donors (Lipinski definition) is 0. The second-order valence-corrected chi connectivity index (χ2v) is 9.42. The predicted molar refractivity (Wildman–Crippen MR) is 106 cm³/mol. The molecule has 0 atom stereocenters. The summed E-state index contributed by atoms with van der Waals surface area (Å²) in [7, 11) is -1.67. The van der Waals surface area contributed by atoms with Crippen LogP contribution in [-0.2, 0) is 29.4 Å². The molecule has 0 aliphatic carbocycles. The maximum Gasteiger partial charge on any atom is 0.416 e. The molecule has 0 radical (unpaired) electrons. The average Bonchev–Trinajstić information content (AvgIpc) is 2.65. The monoisotopic (exact) mass is 495 g/mol. The molecule has 0 fully saturated rings. The lowest BCUT2D eigenvalue weighted by Gasteiger charge is -2.15. The van der Waals surface area contributed by atoms with E-state index < -0.39 is 46.1 Å². The molecule has 0 spiro atoms. The fourth-order valence-corrected chi connectivity index (χ4v) is 5.64. The van der Waals surface area contributed by atoms with Crippen LogP contribution in [0, 0.1) is 13.8 Å². The summed E-state index contributed by atoms with van der Waals surface area (Å²) in [4.78, 5) is -0.136. The molecular weight excluding hydrogens is 479 g/mol. The van der Waals surface area contributed by atoms with Crippen LogP contribution >= 0.6 is 0 Å². The molecule has 3 rings (SSSR count). The van der Waals surface area contributed by atoms with Crippen molar-refractivity contribution in [3.05, 3.63) is 88.5 Å². The van der Waals surface area contributed by atoms with Crippen molar-refractivity contribution >= 4 is 10.9 Å². The van der Waals surface area contributed by atoms with Crippen molar-refractivity contribution in [1.82, 2.24) is 0 Å². The largest absolute Gasteiger partial charge is 0.416 e. The van der Waals surface area contributed by atoms with E-state index in [1.165, 1.54) is 32.0 Å². The zero-order valence-electron chi connectivity index (χ0n) is 17.1. The van der Waals surface area contributed by atoms with Crippen molar-refractivity contribution in [1.29, 1.82) is 0 Å². The van der Waals surface area contributed by atoms with Gasteiger partial charge in [0, 0.05) is 18.2 Å². The number of rotatable bonds is 3. The van der Waals surface area contributed by atoms with Gasteiger partial charge in [-0.3, -0.25) is 0 Å². The van der Waals surface area contributed by atoms with Crippen molar-refractivity contribution in [3.63, 3.8) is 0 Å². The zero-order chi connectivity index (χ0) is 24.8. The Morgan fingerprint density at radius 1 is 0.485 bits per heavy atom. The highest BCUT2D eigenvalue weighted by Gasteiger charge is 2.39. The quantitative estimate of drug-likeness (QED) is 0.253. The molecule has 0 aliphatic heterocycles. The van der Waals surface area contributed by atoms with E-state index in [9.17, 15) is 39.5 Å². The zero-order valence-corrected chi connectivity index (χ0v) is 17.9. The van der Waals surface area contributed by atoms with E-state index in [4.69, 9.17) is 0 Å². The molecule has 0 nitrogen and oxygen atoms in total. The first-order valence-electron chi connectivity index (χ1n) is 9.35. The van der Waals surface area contributed by atoms with Gasteiger partial charge in [0.2, 0.25) is 0 Å². The number of benzene rings is 3. The molecule has 0 saturated carbocycles. The van der Waals surface area contributed by atoms with Crippen LogP contribution in [0.3, 0.4) is 0 Å². The molecule has 0 unspecified atom stereocenters. The van der Waals surface area contributed by atoms with Crippen molar-refractivity contribution in [2.75, 3.05) is 0 Å². The summed E-state index contributed by atoms with van der Waals surface area (Å²) in [5.74, 6) is 0. The van der Waals surface area contributed by atoms with Gasteiger partial charge in [0.05, 0.1) is 27.6 Å². The van der Waals surface area contributed by atoms with Crippen LogP contribution in [-0.4, -0.2) is 0 Å². The fourth-order valence-electron chi connectivity index (χ4n) is 3.27. The van der Waals surface area contributed by atoms with Crippen LogP contribution in [0.2, 0.25) is 0 Å². The Balaban J connectivity index is 2.33. The van der Waals surface area contributed by atoms with E-state index in [0.717, 1.165) is 42.5 Å². The van der Waals surface area contributed by atoms with Gasteiger partial charge in [-0.05, 0) is 61.4 Å². The minimum absolute atomic E-state index is 0.0413. The molecule has 0 aliphatic rings. The molecule has 33 heavy (non-hydrogen) atoms. The van der Waals surface area contributed by atoms with E-state index in [1.54, 1.807) is 0 Å². The van der Waals surface area contributed by atoms with Crippen LogP contribution in [0.15, 0.2) is 75.4 Å². The molecular formula is C23H16F9S+. The van der Waals surface area contributed by atoms with Gasteiger partial charge in [-0.25, -0.2) is 0 Å². The van der Waals surface area contributed by atoms with E-state index >= 15 is 0 Å². The Labute approximate surface area is 186 Å². The summed E-state index contributed by atoms with van der Waals surface area (Å²) in [6.45, 7) is 2.76. The summed E-state index contributed by atoms with van der Waals surface area (Å²) in [6.07, 6.45) is -14.2. The van der Waals surface area contributed by atoms with Crippen LogP contribution in [0.25, 0.3) is 0 Å². The van der Waals surface area contributed by atoms with Gasteiger partial charge in [-0.15, -0.1) is 0 Å². The maximum absolute atomic E-state index is 13.4. The molecule has 176 valence electrons. The first-order valence-corrected chi connectivity index (χ1v) is 10.6. The van der Waals surface area contributed by atoms with Gasteiger partial charge < -0.3 is 0 Å². The van der Waals surface area contributed by atoms with Crippen molar-refractivity contribution in [3.8, 4) is 0 Å². The molecule has 0 saturated heterocycles. The smallest absolute Gasteiger partial charge is 0.166 e. The first-order chi connectivity index (χ1) is 15.1. The molecule has 0 amide bonds. The lowest BCUT2D eigenvalue weighted by atomic mass is 10.1. The highest BCUT2D eigenvalue weighted by Crippen LogP contribution is 2.40. The van der Waals surface area contributed by atoms with Gasteiger partial charge in [-0.1, -0.05) is 6.07 Å². The number of aryl methyl sites for hydroxylation is 2. The topological polar surface area (TPSA) is 0 Å². The summed E-state index contributed by atoms with van der Waals surface area (Å²) in [5, 5.41) is 0. The Hall–Kier alpha value is -2.62. The molecule has 0 bridgehead atoms. The number of halogens is 9. The minimum Gasteiger partial charge on any atom is -0.166 e. The highest BCUT2D eigenvalue weighted by molar-refractivity contribution is 7.97. The van der Waals surface area contributed by atoms with Crippen molar-refractivity contribution in [2.45, 2.75) is 47.1 Å². The third kappa shape index (κ3) is 5.85. The molecule has 10 heteroatoms. The van der Waals surface area contributed by atoms with Gasteiger partial charge in [-0.2, -0.15) is 39.5 Å². The summed E-state index contributed by atoms with van der Waals surface area (Å²) >= 11 is 0. The maximum atomic E-state index is 13.4. The van der Waals surface area contributed by atoms with Gasteiger partial charge in [0.15, 0.2) is 14.7 Å². The van der Waals surface area contributed by atoms with Crippen molar-refractivity contribution < 1.29 is 39.5 Å². The van der Waals surface area contributed by atoms with Crippen LogP contribution < -0.4 is 0 Å². The van der Waals surface area contributed by atoms with E-state index in [1.807, 2.05) is 0 Å². The number of hydrogen-bond acceptors (Lipinski definition) is 0. The fraction of sp³-hybridized carbons (Fsp3) is 0.217. The Morgan fingerprint density at radius 3 is 1.27 bits per heavy atom. The Bertz CT molecular complexity index is 1090. The Kier molecular flexibility index (Phi) is 6.54. The summed E-state index contributed by atoms with van der Waals surface area (Å²) < 4.78 is 120. The second kappa shape index (κ2) is 8.62. The van der Waals surface area contributed by atoms with E-state index in [2.05, 4.69) is 0 Å². The summed E-state index contributed by atoms with van der Waals surface area (Å²) in [6, 6.07) is 9.86. The summed E-state index contributed by atoms with van der Waals surface area (Å²) in [5.41, 5.74) is -2.78. The Morgan fingerprint density at radius 2 is 0.879 bits per heavy atom. The molecule has 3 aromatic carbocycles. The SMILES string of the molecule is Cc1cc([S+](c2cccc(C(F)(F)F)c2)c2cc(C)cc(C(F)(F)F)c2)cc(C(F)(F)F)c1. The lowest BCUT2D eigenvalue weighted by Crippen LogP contribution is -2.13. The van der Waals surface area contributed by atoms with E-state index in [-0.39, 0.29) is 25.8 Å². The average molecular weight is 495 g/mol. The van der Waals surface area contributed by atoms with Gasteiger partial charge in [0.1, 0.15) is 0 Å². The van der Waals surface area contributed by atoms with Crippen LogP contribution in [0.5, 0.6) is 0 Å². The predicted octanol–water partition coefficient (Wildman–Crippen LogP) is 8.46. The molecule has 0 N–H and O–H groups in total. The second-order valence-electron chi connectivity index (χ2n) is 7.40. The first kappa shape index (κ1) is 25.0. The minimum atomic E-state index is -4.74. The third-order valence-corrected chi connectivity index (χ3v) is 6.76. The van der Waals surface area contributed by atoms with Gasteiger partial charge >= 0.3 is 18.5 Å². The van der Waals surface area contributed by atoms with Crippen molar-refractivity contribution in [2.24, 2.45) is 0 Å². The van der Waals surface area contributed by atoms with E-state index in [0.29, 0.717) is 0 Å². The van der Waals surface area contributed by atoms with Crippen LogP contribution in [0.4, 0.5) is 39.5 Å². The molecule has 0 aromatic heterocycles. The highest BCUT2D eigenvalue weighted by atomic mass is 32.2. The normalized spacial score (nSPS) is 13.0.